The Morgan fingerprint density at radius 2 is 1.61 bits per heavy atom. The second-order valence-corrected chi connectivity index (χ2v) is 14.2. The van der Waals surface area contributed by atoms with Crippen molar-refractivity contribution in [3.05, 3.63) is 190 Å². The molecule has 3 aliphatic carbocycles. The molecule has 4 aromatic rings. The minimum atomic E-state index is 0.244. The van der Waals surface area contributed by atoms with E-state index in [1.165, 1.54) is 66.9 Å². The number of anilines is 4. The van der Waals surface area contributed by atoms with E-state index >= 15 is 0 Å². The van der Waals surface area contributed by atoms with Gasteiger partial charge < -0.3 is 16.0 Å². The molecule has 3 N–H and O–H groups in total. The SMILES string of the molecule is C=C/C(=C1/C=CC2=CC=C(c3ccc(C)c(NC(C)CC)c3)C3=CC=C(C)C1C23)c1ccc(Cc2ccccc2N(C)c2ccccc2N)cc1. The Hall–Kier alpha value is -5.54. The van der Waals surface area contributed by atoms with Crippen LogP contribution in [0.2, 0.25) is 0 Å². The average molecular weight is 668 g/mol. The number of benzene rings is 4. The van der Waals surface area contributed by atoms with Crippen LogP contribution in [0.25, 0.3) is 11.1 Å². The topological polar surface area (TPSA) is 41.3 Å². The van der Waals surface area contributed by atoms with Gasteiger partial charge in [-0.2, -0.15) is 0 Å². The monoisotopic (exact) mass is 667 g/mol. The first-order chi connectivity index (χ1) is 24.8. The minimum Gasteiger partial charge on any atom is -0.397 e. The van der Waals surface area contributed by atoms with Crippen molar-refractivity contribution in [2.24, 2.45) is 11.8 Å². The molecule has 3 heteroatoms. The van der Waals surface area contributed by atoms with E-state index in [2.05, 4.69) is 167 Å². The fourth-order valence-electron chi connectivity index (χ4n) is 7.92. The summed E-state index contributed by atoms with van der Waals surface area (Å²) < 4.78 is 0. The van der Waals surface area contributed by atoms with Crippen molar-refractivity contribution in [3.63, 3.8) is 0 Å². The highest BCUT2D eigenvalue weighted by molar-refractivity contribution is 5.88. The van der Waals surface area contributed by atoms with Crippen LogP contribution >= 0.6 is 0 Å². The lowest BCUT2D eigenvalue weighted by molar-refractivity contribution is 0.561. The van der Waals surface area contributed by atoms with Crippen molar-refractivity contribution >= 4 is 33.9 Å². The van der Waals surface area contributed by atoms with Crippen LogP contribution in [0.1, 0.15) is 55.0 Å². The summed E-state index contributed by atoms with van der Waals surface area (Å²) >= 11 is 0. The van der Waals surface area contributed by atoms with Gasteiger partial charge in [-0.15, -0.1) is 0 Å². The van der Waals surface area contributed by atoms with Crippen LogP contribution in [0, 0.1) is 18.8 Å². The summed E-state index contributed by atoms with van der Waals surface area (Å²) in [6.45, 7) is 13.3. The molecule has 3 nitrogen and oxygen atoms in total. The van der Waals surface area contributed by atoms with E-state index < -0.39 is 0 Å². The molecule has 256 valence electrons. The number of rotatable bonds is 10. The normalized spacial score (nSPS) is 19.2. The van der Waals surface area contributed by atoms with Gasteiger partial charge in [0.05, 0.1) is 11.4 Å². The van der Waals surface area contributed by atoms with Gasteiger partial charge in [0.25, 0.3) is 0 Å². The molecule has 0 aromatic heterocycles. The standard InChI is InChI=1S/C48H49N3/c1-7-33(5)50-44-30-37(21-17-31(44)3)40-27-24-36-25-28-41(47-32(4)18-26-42(40)48(36)47)39(8-2)35-22-19-34(20-23-35)29-38-13-9-11-15-45(38)51(6)46-16-12-10-14-43(46)49/h8-28,30,33,47-48,50H,2,7,29,49H2,1,3-6H3/b41-39+. The van der Waals surface area contributed by atoms with Gasteiger partial charge in [0, 0.05) is 36.3 Å². The molecule has 3 atom stereocenters. The number of nitrogens with one attached hydrogen (secondary N) is 1. The fourth-order valence-corrected chi connectivity index (χ4v) is 7.92. The van der Waals surface area contributed by atoms with Crippen molar-refractivity contribution in [1.29, 1.82) is 0 Å². The number of aryl methyl sites for hydroxylation is 1. The fraction of sp³-hybridized carbons (Fsp3) is 0.208. The zero-order valence-corrected chi connectivity index (χ0v) is 30.6. The summed E-state index contributed by atoms with van der Waals surface area (Å²) in [5.74, 6) is 0.511. The smallest absolute Gasteiger partial charge is 0.0641 e. The number of allylic oxidation sites excluding steroid dienone is 13. The lowest BCUT2D eigenvalue weighted by atomic mass is 9.63. The minimum absolute atomic E-state index is 0.244. The first kappa shape index (κ1) is 33.9. The van der Waals surface area contributed by atoms with Gasteiger partial charge in [0.2, 0.25) is 0 Å². The Morgan fingerprint density at radius 1 is 0.863 bits per heavy atom. The van der Waals surface area contributed by atoms with Gasteiger partial charge in [0.1, 0.15) is 0 Å². The molecule has 3 unspecified atom stereocenters. The van der Waals surface area contributed by atoms with E-state index in [0.717, 1.165) is 29.9 Å². The molecule has 0 fully saturated rings. The lowest BCUT2D eigenvalue weighted by Crippen LogP contribution is -2.29. The highest BCUT2D eigenvalue weighted by atomic mass is 15.1. The highest BCUT2D eigenvalue weighted by Gasteiger charge is 2.38. The van der Waals surface area contributed by atoms with Crippen LogP contribution in [0.3, 0.4) is 0 Å². The predicted octanol–water partition coefficient (Wildman–Crippen LogP) is 11.8. The van der Waals surface area contributed by atoms with E-state index in [1.54, 1.807) is 0 Å². The van der Waals surface area contributed by atoms with Crippen molar-refractivity contribution in [1.82, 2.24) is 0 Å². The number of nitrogens with zero attached hydrogens (tertiary/aromatic N) is 1. The van der Waals surface area contributed by atoms with Gasteiger partial charge in [-0.1, -0.05) is 128 Å². The third-order valence-electron chi connectivity index (χ3n) is 11.0. The van der Waals surface area contributed by atoms with Crippen LogP contribution in [-0.4, -0.2) is 13.1 Å². The van der Waals surface area contributed by atoms with Gasteiger partial charge in [-0.05, 0) is 114 Å². The summed E-state index contributed by atoms with van der Waals surface area (Å²) in [5, 5.41) is 3.73. The Balaban J connectivity index is 1.18. The van der Waals surface area contributed by atoms with E-state index in [4.69, 9.17) is 5.73 Å². The van der Waals surface area contributed by atoms with Crippen LogP contribution in [-0.2, 0) is 6.42 Å². The zero-order chi connectivity index (χ0) is 35.6. The summed E-state index contributed by atoms with van der Waals surface area (Å²) in [6, 6.07) is 33.0. The number of hydrogen-bond donors (Lipinski definition) is 2. The Morgan fingerprint density at radius 3 is 2.35 bits per heavy atom. The first-order valence-corrected chi connectivity index (χ1v) is 18.3. The highest BCUT2D eigenvalue weighted by Crippen LogP contribution is 2.52. The quantitative estimate of drug-likeness (QED) is 0.165. The largest absolute Gasteiger partial charge is 0.397 e. The molecule has 0 heterocycles. The molecular weight excluding hydrogens is 619 g/mol. The van der Waals surface area contributed by atoms with Crippen LogP contribution in [0.4, 0.5) is 22.7 Å². The molecule has 0 radical (unpaired) electrons. The molecule has 7 rings (SSSR count). The van der Waals surface area contributed by atoms with Crippen LogP contribution < -0.4 is 16.0 Å². The summed E-state index contributed by atoms with van der Waals surface area (Å²) in [5.41, 5.74) is 24.7. The number of nitrogens with two attached hydrogens (primary N) is 1. The molecule has 3 aliphatic rings. The van der Waals surface area contributed by atoms with E-state index in [9.17, 15) is 0 Å². The molecule has 0 aliphatic heterocycles. The van der Waals surface area contributed by atoms with Gasteiger partial charge in [-0.3, -0.25) is 0 Å². The van der Waals surface area contributed by atoms with Gasteiger partial charge >= 0.3 is 0 Å². The number of para-hydroxylation sites is 3. The van der Waals surface area contributed by atoms with Gasteiger partial charge in [-0.25, -0.2) is 0 Å². The maximum absolute atomic E-state index is 6.35. The third-order valence-corrected chi connectivity index (χ3v) is 11.0. The van der Waals surface area contributed by atoms with Crippen molar-refractivity contribution in [2.75, 3.05) is 23.0 Å². The Labute approximate surface area is 304 Å². The second-order valence-electron chi connectivity index (χ2n) is 14.2. The summed E-state index contributed by atoms with van der Waals surface area (Å²) in [7, 11) is 2.09. The second kappa shape index (κ2) is 14.4. The zero-order valence-electron chi connectivity index (χ0n) is 30.6. The molecule has 0 bridgehead atoms. The number of nitrogen functional groups attached to an aromatic ring is 1. The average Bonchev–Trinajstić information content (AvgIpc) is 3.15. The van der Waals surface area contributed by atoms with Crippen molar-refractivity contribution < 1.29 is 0 Å². The summed E-state index contributed by atoms with van der Waals surface area (Å²) in [4.78, 5) is 2.19. The van der Waals surface area contributed by atoms with Gasteiger partial charge in [0.15, 0.2) is 0 Å². The molecule has 0 saturated carbocycles. The van der Waals surface area contributed by atoms with E-state index in [0.29, 0.717) is 6.04 Å². The molecule has 0 saturated heterocycles. The van der Waals surface area contributed by atoms with Crippen LogP contribution in [0.5, 0.6) is 0 Å². The third kappa shape index (κ3) is 6.57. The Kier molecular flexibility index (Phi) is 9.56. The molecule has 0 spiro atoms. The molecule has 51 heavy (non-hydrogen) atoms. The maximum Gasteiger partial charge on any atom is 0.0641 e. The first-order valence-electron chi connectivity index (χ1n) is 18.3. The molecule has 0 amide bonds. The van der Waals surface area contributed by atoms with E-state index in [-0.39, 0.29) is 11.8 Å². The maximum atomic E-state index is 6.35. The molecule has 4 aromatic carbocycles. The van der Waals surface area contributed by atoms with Crippen molar-refractivity contribution in [2.45, 2.75) is 46.6 Å². The summed E-state index contributed by atoms with van der Waals surface area (Å²) in [6.07, 6.45) is 18.0. The number of hydrogen-bond acceptors (Lipinski definition) is 3. The predicted molar refractivity (Wildman–Crippen MR) is 220 cm³/mol. The van der Waals surface area contributed by atoms with Crippen molar-refractivity contribution in [3.8, 4) is 0 Å². The van der Waals surface area contributed by atoms with Crippen LogP contribution in [0.15, 0.2) is 162 Å². The lowest BCUT2D eigenvalue weighted by Gasteiger charge is -2.41. The van der Waals surface area contributed by atoms with E-state index in [1.807, 2.05) is 18.2 Å². The molecular formula is C48H49N3. The Bertz CT molecular complexity index is 2170.